The number of carbonyl (C=O) groups excluding carboxylic acids is 2. The number of carbonyl (C=O) groups is 2. The number of hydrogen-bond donors (Lipinski definition) is 1. The highest BCUT2D eigenvalue weighted by molar-refractivity contribution is 7.15. The van der Waals surface area contributed by atoms with Crippen LogP contribution in [0.15, 0.2) is 5.11 Å². The predicted molar refractivity (Wildman–Crippen MR) is 89.2 cm³/mol. The van der Waals surface area contributed by atoms with Crippen molar-refractivity contribution in [1.29, 1.82) is 5.26 Å². The maximum atomic E-state index is 12.3. The molecule has 25 heavy (non-hydrogen) atoms. The summed E-state index contributed by atoms with van der Waals surface area (Å²) in [6.45, 7) is 1.78. The topological polar surface area (TPSA) is 138 Å². The van der Waals surface area contributed by atoms with Gasteiger partial charge in [-0.2, -0.15) is 5.26 Å². The summed E-state index contributed by atoms with van der Waals surface area (Å²) in [6, 6.07) is 0. The number of thiazole rings is 1. The Morgan fingerprint density at radius 3 is 3.08 bits per heavy atom. The molecule has 3 heterocycles. The van der Waals surface area contributed by atoms with Crippen LogP contribution in [0.2, 0.25) is 0 Å². The molecule has 10 nitrogen and oxygen atoms in total. The highest BCUT2D eigenvalue weighted by Gasteiger charge is 2.29. The van der Waals surface area contributed by atoms with Crippen LogP contribution in [0.1, 0.15) is 17.0 Å². The summed E-state index contributed by atoms with van der Waals surface area (Å²) in [7, 11) is 0. The van der Waals surface area contributed by atoms with E-state index in [1.54, 1.807) is 9.80 Å². The second kappa shape index (κ2) is 7.38. The van der Waals surface area contributed by atoms with Crippen LogP contribution in [-0.2, 0) is 22.6 Å². The first kappa shape index (κ1) is 17.0. The van der Waals surface area contributed by atoms with Crippen molar-refractivity contribution >= 4 is 28.3 Å². The van der Waals surface area contributed by atoms with Crippen LogP contribution in [0.3, 0.4) is 0 Å². The molecule has 2 aliphatic rings. The zero-order valence-electron chi connectivity index (χ0n) is 13.4. The smallest absolute Gasteiger partial charge is 0.231 e. The minimum absolute atomic E-state index is 0.125. The minimum atomic E-state index is -0.218. The molecule has 11 heteroatoms. The first-order chi connectivity index (χ1) is 12.1. The zero-order chi connectivity index (χ0) is 17.8. The van der Waals surface area contributed by atoms with Gasteiger partial charge in [0.1, 0.15) is 6.54 Å². The van der Waals surface area contributed by atoms with Crippen molar-refractivity contribution < 1.29 is 9.59 Å². The van der Waals surface area contributed by atoms with Gasteiger partial charge in [-0.1, -0.05) is 16.5 Å². The summed E-state index contributed by atoms with van der Waals surface area (Å²) in [6.07, 6.45) is 3.32. The number of fused-ring (bicyclic) bond motifs is 1. The van der Waals surface area contributed by atoms with Gasteiger partial charge in [0.2, 0.25) is 11.8 Å². The van der Waals surface area contributed by atoms with E-state index in [0.29, 0.717) is 44.2 Å². The summed E-state index contributed by atoms with van der Waals surface area (Å²) >= 11 is 1.36. The summed E-state index contributed by atoms with van der Waals surface area (Å²) in [5.74, 6) is -0.548. The Morgan fingerprint density at radius 2 is 2.36 bits per heavy atom. The summed E-state index contributed by atoms with van der Waals surface area (Å²) in [4.78, 5) is 35.4. The predicted octanol–water partition coefficient (Wildman–Crippen LogP) is 1.08. The van der Waals surface area contributed by atoms with Crippen molar-refractivity contribution in [2.24, 2.45) is 11.0 Å². The Morgan fingerprint density at radius 1 is 1.52 bits per heavy atom. The van der Waals surface area contributed by atoms with Crippen LogP contribution in [0.5, 0.6) is 0 Å². The first-order valence-electron chi connectivity index (χ1n) is 7.83. The molecule has 1 unspecified atom stereocenters. The van der Waals surface area contributed by atoms with E-state index < -0.39 is 0 Å². The third-order valence-corrected chi connectivity index (χ3v) is 5.28. The Kier molecular flexibility index (Phi) is 5.02. The molecule has 2 amide bonds. The zero-order valence-corrected chi connectivity index (χ0v) is 14.2. The summed E-state index contributed by atoms with van der Waals surface area (Å²) < 4.78 is 0. The number of nitrogens with zero attached hydrogens (tertiary/aromatic N) is 7. The lowest BCUT2D eigenvalue weighted by Crippen LogP contribution is -2.36. The van der Waals surface area contributed by atoms with Gasteiger partial charge in [0.25, 0.3) is 0 Å². The van der Waals surface area contributed by atoms with E-state index in [9.17, 15) is 9.59 Å². The molecule has 1 aromatic heterocycles. The highest BCUT2D eigenvalue weighted by atomic mass is 32.1. The Bertz CT molecular complexity index is 778. The van der Waals surface area contributed by atoms with Crippen LogP contribution in [0, 0.1) is 17.4 Å². The van der Waals surface area contributed by atoms with Gasteiger partial charge in [-0.3, -0.25) is 9.59 Å². The van der Waals surface area contributed by atoms with E-state index >= 15 is 0 Å². The number of azide groups is 1. The summed E-state index contributed by atoms with van der Waals surface area (Å²) in [5.41, 5.74) is 9.19. The van der Waals surface area contributed by atoms with Crippen molar-refractivity contribution in [3.8, 4) is 6.19 Å². The molecular formula is C14H16N8O2S. The van der Waals surface area contributed by atoms with Crippen molar-refractivity contribution in [2.45, 2.75) is 19.4 Å². The number of amides is 2. The average Bonchev–Trinajstić information content (AvgIpc) is 3.24. The van der Waals surface area contributed by atoms with Crippen molar-refractivity contribution in [2.75, 3.05) is 31.5 Å². The molecule has 0 aliphatic carbocycles. The number of likely N-dealkylation sites (tertiary alicyclic amines) is 1. The molecule has 1 fully saturated rings. The fourth-order valence-corrected chi connectivity index (χ4v) is 3.95. The number of rotatable bonds is 4. The highest BCUT2D eigenvalue weighted by Crippen LogP contribution is 2.29. The molecule has 0 radical (unpaired) electrons. The molecule has 3 rings (SSSR count). The van der Waals surface area contributed by atoms with Crippen molar-refractivity contribution in [3.63, 3.8) is 0 Å². The quantitative estimate of drug-likeness (QED) is 0.370. The third kappa shape index (κ3) is 3.81. The van der Waals surface area contributed by atoms with Gasteiger partial charge in [0, 0.05) is 35.8 Å². The maximum absolute atomic E-state index is 12.3. The van der Waals surface area contributed by atoms with Crippen LogP contribution in [-0.4, -0.2) is 52.8 Å². The van der Waals surface area contributed by atoms with Gasteiger partial charge in [-0.15, -0.1) is 0 Å². The molecule has 1 N–H and O–H groups in total. The molecule has 1 atom stereocenters. The lowest BCUT2D eigenvalue weighted by Gasteiger charge is -2.25. The second-order valence-electron chi connectivity index (χ2n) is 5.86. The van der Waals surface area contributed by atoms with E-state index in [0.717, 1.165) is 10.6 Å². The van der Waals surface area contributed by atoms with E-state index in [1.165, 1.54) is 11.3 Å². The normalized spacial score (nSPS) is 18.9. The van der Waals surface area contributed by atoms with E-state index in [1.807, 2.05) is 0 Å². The van der Waals surface area contributed by atoms with Crippen LogP contribution in [0.4, 0.5) is 5.13 Å². The van der Waals surface area contributed by atoms with Crippen molar-refractivity contribution in [3.05, 3.63) is 21.0 Å². The Hall–Kier alpha value is -2.83. The Balaban J connectivity index is 1.61. The van der Waals surface area contributed by atoms with E-state index in [2.05, 4.69) is 26.5 Å². The molecule has 0 spiro atoms. The number of anilines is 1. The fraction of sp³-hybridized carbons (Fsp3) is 0.571. The first-order valence-corrected chi connectivity index (χ1v) is 8.65. The number of aromatic nitrogens is 1. The molecule has 1 saturated heterocycles. The van der Waals surface area contributed by atoms with Crippen LogP contribution < -0.4 is 5.32 Å². The minimum Gasteiger partial charge on any atom is -0.337 e. The molecule has 2 aliphatic heterocycles. The standard InChI is InChI=1S/C14H16N8O2S/c15-8-21-3-1-9(6-21)13(24)19-14-18-10-2-4-22(7-11(10)25-14)12(23)5-17-20-16/h9H,1-7H2,(H,18,19,24). The molecule has 130 valence electrons. The van der Waals surface area contributed by atoms with Crippen LogP contribution in [0.25, 0.3) is 10.4 Å². The molecule has 0 aromatic carbocycles. The molecule has 0 saturated carbocycles. The largest absolute Gasteiger partial charge is 0.337 e. The van der Waals surface area contributed by atoms with E-state index in [-0.39, 0.29) is 24.3 Å². The lowest BCUT2D eigenvalue weighted by molar-refractivity contribution is -0.130. The van der Waals surface area contributed by atoms with E-state index in [4.69, 9.17) is 10.8 Å². The SMILES string of the molecule is N#CN1CCC(C(=O)Nc2nc3c(s2)CN(C(=O)CN=[N+]=[N-])CC3)C1. The maximum Gasteiger partial charge on any atom is 0.231 e. The monoisotopic (exact) mass is 360 g/mol. The van der Waals surface area contributed by atoms with Gasteiger partial charge in [-0.05, 0) is 12.0 Å². The van der Waals surface area contributed by atoms with Gasteiger partial charge >= 0.3 is 0 Å². The second-order valence-corrected chi connectivity index (χ2v) is 6.95. The number of nitriles is 1. The lowest BCUT2D eigenvalue weighted by atomic mass is 10.1. The van der Waals surface area contributed by atoms with Gasteiger partial charge in [0.05, 0.1) is 18.2 Å². The number of hydrogen-bond acceptors (Lipinski definition) is 7. The summed E-state index contributed by atoms with van der Waals surface area (Å²) in [5, 5.41) is 15.5. The molecule has 1 aromatic rings. The van der Waals surface area contributed by atoms with Gasteiger partial charge in [-0.25, -0.2) is 4.98 Å². The average molecular weight is 360 g/mol. The van der Waals surface area contributed by atoms with Gasteiger partial charge < -0.3 is 15.1 Å². The molecular weight excluding hydrogens is 344 g/mol. The molecule has 0 bridgehead atoms. The van der Waals surface area contributed by atoms with Crippen molar-refractivity contribution in [1.82, 2.24) is 14.8 Å². The number of nitrogens with one attached hydrogen (secondary N) is 1. The van der Waals surface area contributed by atoms with Crippen LogP contribution >= 0.6 is 11.3 Å². The Labute approximate surface area is 147 Å². The third-order valence-electron chi connectivity index (χ3n) is 4.28. The fourth-order valence-electron chi connectivity index (χ4n) is 2.93. The van der Waals surface area contributed by atoms with Gasteiger partial charge in [0.15, 0.2) is 11.3 Å².